The van der Waals surface area contributed by atoms with Gasteiger partial charge >= 0.3 is 6.18 Å². The molecule has 2 aromatic rings. The summed E-state index contributed by atoms with van der Waals surface area (Å²) < 4.78 is 46.4. The summed E-state index contributed by atoms with van der Waals surface area (Å²) in [5.41, 5.74) is 1.24. The number of hydrogen-bond donors (Lipinski definition) is 1. The summed E-state index contributed by atoms with van der Waals surface area (Å²) in [6.07, 6.45) is 5.31. The summed E-state index contributed by atoms with van der Waals surface area (Å²) in [5.74, 6) is 0.885. The Morgan fingerprint density at radius 2 is 1.93 bits per heavy atom. The zero-order chi connectivity index (χ0) is 21.6. The Morgan fingerprint density at radius 3 is 2.63 bits per heavy atom. The highest BCUT2D eigenvalue weighted by molar-refractivity contribution is 5.65. The molecule has 1 saturated carbocycles. The first-order chi connectivity index (χ1) is 14.4. The largest absolute Gasteiger partial charge is 0.494 e. The predicted molar refractivity (Wildman–Crippen MR) is 112 cm³/mol. The Balaban J connectivity index is 1.79. The average Bonchev–Trinajstić information content (AvgIpc) is 3.16. The molecule has 4 nitrogen and oxygen atoms in total. The second-order valence-electron chi connectivity index (χ2n) is 8.39. The smallest absolute Gasteiger partial charge is 0.416 e. The van der Waals surface area contributed by atoms with E-state index in [1.807, 2.05) is 7.05 Å². The van der Waals surface area contributed by atoms with Crippen LogP contribution in [0.1, 0.15) is 63.0 Å². The molecule has 0 amide bonds. The number of hydrogen-bond acceptors (Lipinski definition) is 3. The van der Waals surface area contributed by atoms with Gasteiger partial charge < -0.3 is 9.64 Å². The van der Waals surface area contributed by atoms with E-state index in [1.54, 1.807) is 12.3 Å². The number of ether oxygens (including phenoxy) is 1. The maximum Gasteiger partial charge on any atom is 0.416 e. The molecule has 3 rings (SSSR count). The van der Waals surface area contributed by atoms with E-state index in [9.17, 15) is 13.2 Å². The number of H-pyrrole nitrogens is 1. The van der Waals surface area contributed by atoms with Gasteiger partial charge in [-0.05, 0) is 50.6 Å². The van der Waals surface area contributed by atoms with Crippen LogP contribution in [0.4, 0.5) is 13.2 Å². The van der Waals surface area contributed by atoms with Gasteiger partial charge in [-0.3, -0.25) is 5.10 Å². The van der Waals surface area contributed by atoms with Gasteiger partial charge in [-0.25, -0.2) is 0 Å². The summed E-state index contributed by atoms with van der Waals surface area (Å²) in [5, 5.41) is 6.97. The first kappa shape index (κ1) is 22.7. The van der Waals surface area contributed by atoms with E-state index in [0.717, 1.165) is 31.0 Å². The maximum absolute atomic E-state index is 13.5. The molecule has 1 fully saturated rings. The zero-order valence-electron chi connectivity index (χ0n) is 17.9. The molecule has 1 aromatic carbocycles. The van der Waals surface area contributed by atoms with E-state index in [2.05, 4.69) is 22.0 Å². The van der Waals surface area contributed by atoms with Crippen molar-refractivity contribution in [3.8, 4) is 17.0 Å². The molecule has 166 valence electrons. The number of aromatic amines is 1. The van der Waals surface area contributed by atoms with Crippen molar-refractivity contribution in [2.45, 2.75) is 64.6 Å². The van der Waals surface area contributed by atoms with E-state index < -0.39 is 11.7 Å². The van der Waals surface area contributed by atoms with Crippen LogP contribution >= 0.6 is 0 Å². The van der Waals surface area contributed by atoms with Crippen LogP contribution in [0.25, 0.3) is 11.3 Å². The van der Waals surface area contributed by atoms with Crippen molar-refractivity contribution in [2.24, 2.45) is 5.92 Å². The first-order valence-electron chi connectivity index (χ1n) is 10.9. The third-order valence-corrected chi connectivity index (χ3v) is 5.81. The molecule has 0 spiro atoms. The third-order valence-electron chi connectivity index (χ3n) is 5.81. The van der Waals surface area contributed by atoms with Crippen LogP contribution in [0.3, 0.4) is 0 Å². The van der Waals surface area contributed by atoms with Crippen molar-refractivity contribution < 1.29 is 17.9 Å². The normalized spacial score (nSPS) is 15.7. The lowest BCUT2D eigenvalue weighted by atomic mass is 9.87. The average molecular weight is 424 g/mol. The summed E-state index contributed by atoms with van der Waals surface area (Å²) >= 11 is 0. The van der Waals surface area contributed by atoms with Crippen molar-refractivity contribution in [1.29, 1.82) is 0 Å². The molecule has 1 aromatic heterocycles. The molecule has 0 radical (unpaired) electrons. The molecule has 1 heterocycles. The van der Waals surface area contributed by atoms with E-state index >= 15 is 0 Å². The van der Waals surface area contributed by atoms with Crippen molar-refractivity contribution in [3.05, 3.63) is 35.5 Å². The van der Waals surface area contributed by atoms with E-state index in [0.29, 0.717) is 30.3 Å². The lowest BCUT2D eigenvalue weighted by molar-refractivity contribution is -0.137. The molecular weight excluding hydrogens is 391 g/mol. The minimum atomic E-state index is -4.43. The van der Waals surface area contributed by atoms with Crippen molar-refractivity contribution >= 4 is 0 Å². The third kappa shape index (κ3) is 6.24. The Morgan fingerprint density at radius 1 is 1.17 bits per heavy atom. The highest BCUT2D eigenvalue weighted by Gasteiger charge is 2.32. The van der Waals surface area contributed by atoms with Gasteiger partial charge in [0, 0.05) is 17.7 Å². The SMILES string of the molecule is CCCN(C)Cc1cn[nH]c1-c1cc(OCCC2CCCCC2)cc(C(F)(F)F)c1. The Labute approximate surface area is 176 Å². The van der Waals surface area contributed by atoms with Gasteiger partial charge in [-0.15, -0.1) is 0 Å². The molecule has 0 bridgehead atoms. The van der Waals surface area contributed by atoms with Crippen LogP contribution in [-0.4, -0.2) is 35.3 Å². The summed E-state index contributed by atoms with van der Waals surface area (Å²) in [4.78, 5) is 2.13. The first-order valence-corrected chi connectivity index (χ1v) is 10.9. The summed E-state index contributed by atoms with van der Waals surface area (Å²) in [7, 11) is 1.99. The number of benzene rings is 1. The van der Waals surface area contributed by atoms with E-state index in [1.165, 1.54) is 38.2 Å². The Hall–Kier alpha value is -2.02. The van der Waals surface area contributed by atoms with Gasteiger partial charge in [0.1, 0.15) is 5.75 Å². The fraction of sp³-hybridized carbons (Fsp3) is 0.609. The highest BCUT2D eigenvalue weighted by atomic mass is 19.4. The molecule has 1 aliphatic rings. The van der Waals surface area contributed by atoms with Crippen molar-refractivity contribution in [2.75, 3.05) is 20.2 Å². The fourth-order valence-corrected chi connectivity index (χ4v) is 4.24. The molecule has 7 heteroatoms. The number of alkyl halides is 3. The van der Waals surface area contributed by atoms with Gasteiger partial charge in [0.05, 0.1) is 24.1 Å². The molecule has 0 atom stereocenters. The summed E-state index contributed by atoms with van der Waals surface area (Å²) in [6.45, 7) is 4.06. The number of nitrogens with zero attached hydrogens (tertiary/aromatic N) is 2. The standard InChI is InChI=1S/C23H32F3N3O/c1-3-10-29(2)16-19-15-27-28-22(19)18-12-20(23(24,25)26)14-21(13-18)30-11-9-17-7-5-4-6-8-17/h12-15,17H,3-11,16H2,1-2H3,(H,27,28). The van der Waals surface area contributed by atoms with Crippen LogP contribution in [0.15, 0.2) is 24.4 Å². The molecule has 0 aliphatic heterocycles. The Kier molecular flexibility index (Phi) is 7.81. The maximum atomic E-state index is 13.5. The Bertz CT molecular complexity index is 797. The summed E-state index contributed by atoms with van der Waals surface area (Å²) in [6, 6.07) is 3.96. The van der Waals surface area contributed by atoms with Gasteiger partial charge in [-0.1, -0.05) is 39.0 Å². The minimum Gasteiger partial charge on any atom is -0.494 e. The second-order valence-corrected chi connectivity index (χ2v) is 8.39. The molecule has 0 saturated heterocycles. The van der Waals surface area contributed by atoms with Gasteiger partial charge in [-0.2, -0.15) is 18.3 Å². The number of rotatable bonds is 9. The van der Waals surface area contributed by atoms with Crippen LogP contribution in [-0.2, 0) is 12.7 Å². The monoisotopic (exact) mass is 423 g/mol. The predicted octanol–water partition coefficient (Wildman–Crippen LogP) is 6.29. The van der Waals surface area contributed by atoms with Gasteiger partial charge in [0.15, 0.2) is 0 Å². The number of aromatic nitrogens is 2. The highest BCUT2D eigenvalue weighted by Crippen LogP contribution is 2.36. The van der Waals surface area contributed by atoms with Crippen molar-refractivity contribution in [3.63, 3.8) is 0 Å². The molecular formula is C23H32F3N3O. The number of halogens is 3. The second kappa shape index (κ2) is 10.3. The van der Waals surface area contributed by atoms with Crippen LogP contribution in [0.5, 0.6) is 5.75 Å². The van der Waals surface area contributed by atoms with Gasteiger partial charge in [0.25, 0.3) is 0 Å². The van der Waals surface area contributed by atoms with Gasteiger partial charge in [0.2, 0.25) is 0 Å². The molecule has 30 heavy (non-hydrogen) atoms. The quantitative estimate of drug-likeness (QED) is 0.516. The number of nitrogens with one attached hydrogen (secondary N) is 1. The van der Waals surface area contributed by atoms with Crippen LogP contribution in [0, 0.1) is 5.92 Å². The molecule has 1 N–H and O–H groups in total. The van der Waals surface area contributed by atoms with Crippen LogP contribution in [0.2, 0.25) is 0 Å². The lowest BCUT2D eigenvalue weighted by Gasteiger charge is -2.21. The zero-order valence-corrected chi connectivity index (χ0v) is 17.9. The van der Waals surface area contributed by atoms with E-state index in [4.69, 9.17) is 4.74 Å². The van der Waals surface area contributed by atoms with Crippen LogP contribution < -0.4 is 4.74 Å². The molecule has 0 unspecified atom stereocenters. The van der Waals surface area contributed by atoms with Crippen molar-refractivity contribution in [1.82, 2.24) is 15.1 Å². The molecule has 1 aliphatic carbocycles. The minimum absolute atomic E-state index is 0.262. The fourth-order valence-electron chi connectivity index (χ4n) is 4.24. The van der Waals surface area contributed by atoms with E-state index in [-0.39, 0.29) is 5.75 Å². The lowest BCUT2D eigenvalue weighted by Crippen LogP contribution is -2.18. The topological polar surface area (TPSA) is 41.2 Å².